The quantitative estimate of drug-likeness (QED) is 0.868. The molecule has 1 atom stereocenters. The molecule has 0 saturated carbocycles. The highest BCUT2D eigenvalue weighted by atomic mass is 16.5. The minimum atomic E-state index is -0.414. The molecule has 2 rings (SSSR count). The van der Waals surface area contributed by atoms with E-state index in [4.69, 9.17) is 4.74 Å². The number of aliphatic hydroxyl groups excluding tert-OH is 1. The van der Waals surface area contributed by atoms with E-state index in [2.05, 4.69) is 9.97 Å². The van der Waals surface area contributed by atoms with Gasteiger partial charge in [-0.05, 0) is 29.7 Å². The molecule has 1 N–H and O–H groups in total. The summed E-state index contributed by atoms with van der Waals surface area (Å²) in [7, 11) is 1.58. The predicted octanol–water partition coefficient (Wildman–Crippen LogP) is 1.63. The van der Waals surface area contributed by atoms with Crippen molar-refractivity contribution < 1.29 is 9.84 Å². The maximum atomic E-state index is 10.0. The fourth-order valence-electron chi connectivity index (χ4n) is 1.79. The van der Waals surface area contributed by atoms with Crippen molar-refractivity contribution in [2.45, 2.75) is 18.9 Å². The number of aliphatic hydroxyl groups is 1. The average Bonchev–Trinajstić information content (AvgIpc) is 2.40. The number of pyridine rings is 2. The van der Waals surface area contributed by atoms with Crippen LogP contribution in [0.1, 0.15) is 11.1 Å². The second-order valence-electron chi connectivity index (χ2n) is 4.13. The van der Waals surface area contributed by atoms with Gasteiger partial charge >= 0.3 is 0 Å². The Morgan fingerprint density at radius 2 is 1.83 bits per heavy atom. The Morgan fingerprint density at radius 3 is 2.44 bits per heavy atom. The first-order chi connectivity index (χ1) is 8.78. The minimum Gasteiger partial charge on any atom is -0.481 e. The van der Waals surface area contributed by atoms with Crippen LogP contribution in [0.4, 0.5) is 0 Å². The number of rotatable bonds is 5. The standard InChI is InChI=1S/C14H16N2O2/c1-18-14-3-2-12(10-16-14)9-13(17)8-11-4-6-15-7-5-11/h2-7,10,13,17H,8-9H2,1H3. The largest absolute Gasteiger partial charge is 0.481 e. The number of hydrogen-bond acceptors (Lipinski definition) is 4. The van der Waals surface area contributed by atoms with Crippen LogP contribution in [0.25, 0.3) is 0 Å². The van der Waals surface area contributed by atoms with Gasteiger partial charge in [-0.15, -0.1) is 0 Å². The van der Waals surface area contributed by atoms with E-state index >= 15 is 0 Å². The summed E-state index contributed by atoms with van der Waals surface area (Å²) in [5, 5.41) is 10.0. The lowest BCUT2D eigenvalue weighted by Gasteiger charge is -2.10. The first kappa shape index (κ1) is 12.5. The minimum absolute atomic E-state index is 0.414. The molecule has 0 fully saturated rings. The third kappa shape index (κ3) is 3.53. The zero-order valence-corrected chi connectivity index (χ0v) is 10.3. The maximum absolute atomic E-state index is 10.0. The molecule has 4 nitrogen and oxygen atoms in total. The number of aromatic nitrogens is 2. The molecular weight excluding hydrogens is 228 g/mol. The van der Waals surface area contributed by atoms with Crippen LogP contribution in [0.5, 0.6) is 5.88 Å². The highest BCUT2D eigenvalue weighted by molar-refractivity contribution is 5.19. The predicted molar refractivity (Wildman–Crippen MR) is 68.4 cm³/mol. The topological polar surface area (TPSA) is 55.2 Å². The van der Waals surface area contributed by atoms with Gasteiger partial charge in [-0.25, -0.2) is 4.98 Å². The SMILES string of the molecule is COc1ccc(CC(O)Cc2ccncc2)cn1. The van der Waals surface area contributed by atoms with E-state index in [1.807, 2.05) is 18.2 Å². The first-order valence-corrected chi connectivity index (χ1v) is 5.84. The van der Waals surface area contributed by atoms with Crippen molar-refractivity contribution in [1.29, 1.82) is 0 Å². The van der Waals surface area contributed by atoms with E-state index in [9.17, 15) is 5.11 Å². The van der Waals surface area contributed by atoms with E-state index in [1.165, 1.54) is 0 Å². The van der Waals surface area contributed by atoms with Gasteiger partial charge in [0, 0.05) is 31.1 Å². The third-order valence-electron chi connectivity index (χ3n) is 2.70. The Morgan fingerprint density at radius 1 is 1.11 bits per heavy atom. The van der Waals surface area contributed by atoms with E-state index in [1.54, 1.807) is 31.8 Å². The van der Waals surface area contributed by atoms with Gasteiger partial charge in [0.1, 0.15) is 0 Å². The smallest absolute Gasteiger partial charge is 0.212 e. The summed E-state index contributed by atoms with van der Waals surface area (Å²) >= 11 is 0. The van der Waals surface area contributed by atoms with Gasteiger partial charge in [-0.3, -0.25) is 4.98 Å². The Hall–Kier alpha value is -1.94. The number of ether oxygens (including phenoxy) is 1. The summed E-state index contributed by atoms with van der Waals surface area (Å²) in [6.45, 7) is 0. The third-order valence-corrected chi connectivity index (χ3v) is 2.70. The van der Waals surface area contributed by atoms with Crippen molar-refractivity contribution in [2.75, 3.05) is 7.11 Å². The van der Waals surface area contributed by atoms with Gasteiger partial charge in [0.05, 0.1) is 13.2 Å². The molecule has 2 aromatic heterocycles. The molecule has 0 bridgehead atoms. The van der Waals surface area contributed by atoms with Crippen molar-refractivity contribution in [3.05, 3.63) is 54.0 Å². The lowest BCUT2D eigenvalue weighted by atomic mass is 10.0. The van der Waals surface area contributed by atoms with Crippen molar-refractivity contribution in [3.8, 4) is 5.88 Å². The Labute approximate surface area is 106 Å². The van der Waals surface area contributed by atoms with Gasteiger partial charge in [0.15, 0.2) is 0 Å². The van der Waals surface area contributed by atoms with Crippen LogP contribution >= 0.6 is 0 Å². The van der Waals surface area contributed by atoms with Gasteiger partial charge in [0.2, 0.25) is 5.88 Å². The second-order valence-corrected chi connectivity index (χ2v) is 4.13. The number of hydrogen-bond donors (Lipinski definition) is 1. The van der Waals surface area contributed by atoms with Crippen LogP contribution in [0.2, 0.25) is 0 Å². The number of methoxy groups -OCH3 is 1. The van der Waals surface area contributed by atoms with E-state index in [0.717, 1.165) is 11.1 Å². The monoisotopic (exact) mass is 244 g/mol. The van der Waals surface area contributed by atoms with Crippen LogP contribution in [-0.4, -0.2) is 28.3 Å². The molecule has 1 unspecified atom stereocenters. The maximum Gasteiger partial charge on any atom is 0.212 e. The fraction of sp³-hybridized carbons (Fsp3) is 0.286. The summed E-state index contributed by atoms with van der Waals surface area (Å²) in [6.07, 6.45) is 5.98. The summed E-state index contributed by atoms with van der Waals surface area (Å²) in [4.78, 5) is 8.06. The highest BCUT2D eigenvalue weighted by Crippen LogP contribution is 2.11. The summed E-state index contributed by atoms with van der Waals surface area (Å²) in [5.74, 6) is 0.586. The van der Waals surface area contributed by atoms with Crippen molar-refractivity contribution in [3.63, 3.8) is 0 Å². The van der Waals surface area contributed by atoms with Gasteiger partial charge in [-0.1, -0.05) is 6.07 Å². The summed E-state index contributed by atoms with van der Waals surface area (Å²) in [6, 6.07) is 7.54. The van der Waals surface area contributed by atoms with Crippen LogP contribution in [0.3, 0.4) is 0 Å². The molecule has 0 aliphatic rings. The average molecular weight is 244 g/mol. The molecule has 18 heavy (non-hydrogen) atoms. The van der Waals surface area contributed by atoms with Crippen molar-refractivity contribution in [2.24, 2.45) is 0 Å². The summed E-state index contributed by atoms with van der Waals surface area (Å²) in [5.41, 5.74) is 2.08. The van der Waals surface area contributed by atoms with Crippen LogP contribution in [0, 0.1) is 0 Å². The van der Waals surface area contributed by atoms with Crippen LogP contribution in [-0.2, 0) is 12.8 Å². The molecule has 2 aromatic rings. The molecule has 0 saturated heterocycles. The van der Waals surface area contributed by atoms with Crippen LogP contribution < -0.4 is 4.74 Å². The normalized spacial score (nSPS) is 12.1. The Kier molecular flexibility index (Phi) is 4.25. The Bertz CT molecular complexity index is 471. The van der Waals surface area contributed by atoms with Gasteiger partial charge in [-0.2, -0.15) is 0 Å². The molecule has 0 aliphatic carbocycles. The molecule has 2 heterocycles. The molecule has 4 heteroatoms. The fourth-order valence-corrected chi connectivity index (χ4v) is 1.79. The second kappa shape index (κ2) is 6.12. The number of nitrogens with zero attached hydrogens (tertiary/aromatic N) is 2. The highest BCUT2D eigenvalue weighted by Gasteiger charge is 2.07. The first-order valence-electron chi connectivity index (χ1n) is 5.84. The van der Waals surface area contributed by atoms with Crippen LogP contribution in [0.15, 0.2) is 42.9 Å². The van der Waals surface area contributed by atoms with Crippen molar-refractivity contribution in [1.82, 2.24) is 9.97 Å². The Balaban J connectivity index is 1.92. The molecular formula is C14H16N2O2. The lowest BCUT2D eigenvalue weighted by molar-refractivity contribution is 0.175. The molecule has 0 aliphatic heterocycles. The van der Waals surface area contributed by atoms with E-state index < -0.39 is 6.10 Å². The van der Waals surface area contributed by atoms with Gasteiger partial charge < -0.3 is 9.84 Å². The molecule has 94 valence electrons. The lowest BCUT2D eigenvalue weighted by Crippen LogP contribution is -2.14. The zero-order chi connectivity index (χ0) is 12.8. The molecule has 0 amide bonds. The summed E-state index contributed by atoms with van der Waals surface area (Å²) < 4.78 is 4.99. The molecule has 0 spiro atoms. The zero-order valence-electron chi connectivity index (χ0n) is 10.3. The van der Waals surface area contributed by atoms with Gasteiger partial charge in [0.25, 0.3) is 0 Å². The van der Waals surface area contributed by atoms with Crippen molar-refractivity contribution >= 4 is 0 Å². The molecule has 0 radical (unpaired) electrons. The molecule has 0 aromatic carbocycles. The van der Waals surface area contributed by atoms with E-state index in [0.29, 0.717) is 18.7 Å². The van der Waals surface area contributed by atoms with E-state index in [-0.39, 0.29) is 0 Å².